The third kappa shape index (κ3) is 30.0. The largest absolute Gasteiger partial charge is 0.493 e. The monoisotopic (exact) mass is 1780 g/mol. The predicted molar refractivity (Wildman–Crippen MR) is 511 cm³/mol. The fraction of sp³-hybridized carbons (Fsp3) is 0.327. The maximum atomic E-state index is 14.3. The summed E-state index contributed by atoms with van der Waals surface area (Å²) >= 11 is 1.89. The maximum Gasteiger partial charge on any atom is 0.227 e. The number of rotatable bonds is 13. The molecule has 678 valence electrons. The Morgan fingerprint density at radius 3 is 1.44 bits per heavy atom. The average molecular weight is 1780 g/mol. The van der Waals surface area contributed by atoms with Gasteiger partial charge in [0.1, 0.15) is 78.2 Å². The van der Waals surface area contributed by atoms with Crippen LogP contribution in [-0.4, -0.2) is 210 Å². The number of fused-ring (bicyclic) bond motifs is 28. The van der Waals surface area contributed by atoms with E-state index in [1.165, 1.54) is 43.6 Å². The maximum absolute atomic E-state index is 14.3. The highest BCUT2D eigenvalue weighted by molar-refractivity contribution is 7.99. The smallest absolute Gasteiger partial charge is 0.227 e. The van der Waals surface area contributed by atoms with E-state index in [1.807, 2.05) is 164 Å². The number of furan rings is 2. The van der Waals surface area contributed by atoms with Gasteiger partial charge in [-0.2, -0.15) is 11.8 Å². The Morgan fingerprint density at radius 2 is 0.900 bits per heavy atom. The average Bonchev–Trinajstić information content (AvgIpc) is 1.88. The van der Waals surface area contributed by atoms with Crippen molar-refractivity contribution >= 4 is 58.3 Å². The van der Waals surface area contributed by atoms with E-state index in [0.717, 1.165) is 172 Å². The molecule has 0 aliphatic carbocycles. The number of halogens is 1. The lowest BCUT2D eigenvalue weighted by Crippen LogP contribution is -2.25. The van der Waals surface area contributed by atoms with Crippen molar-refractivity contribution in [3.05, 3.63) is 288 Å². The van der Waals surface area contributed by atoms with E-state index in [0.29, 0.717) is 126 Å². The van der Waals surface area contributed by atoms with Crippen LogP contribution in [0.15, 0.2) is 252 Å². The Bertz CT molecular complexity index is 5690. The molecule has 6 aromatic heterocycles. The molecule has 5 aliphatic rings. The number of benzene rings is 6. The summed E-state index contributed by atoms with van der Waals surface area (Å²) in [7, 11) is 10.0. The van der Waals surface area contributed by atoms with Gasteiger partial charge in [0.05, 0.1) is 57.6 Å². The number of nitrogens with one attached hydrogen (secondary N) is 4. The van der Waals surface area contributed by atoms with Gasteiger partial charge in [0.2, 0.25) is 23.8 Å². The minimum absolute atomic E-state index is 0.313. The van der Waals surface area contributed by atoms with Crippen molar-refractivity contribution in [3.63, 3.8) is 0 Å². The number of likely N-dealkylation sites (tertiary alicyclic amines) is 1. The highest BCUT2D eigenvalue weighted by atomic mass is 32.2. The molecular weight excluding hydrogens is 1660 g/mol. The number of hydrogen-bond acceptors (Lipinski definition) is 28. The van der Waals surface area contributed by atoms with Gasteiger partial charge in [-0.05, 0) is 223 Å². The fourth-order valence-electron chi connectivity index (χ4n) is 14.7. The molecule has 1 fully saturated rings. The zero-order valence-electron chi connectivity index (χ0n) is 74.9. The molecule has 4 N–H and O–H groups in total. The second-order valence-electron chi connectivity index (χ2n) is 31.8. The standard InChI is InChI=1S/C27H33N5O3.C27H32N4O2S.C26H29FN4O3.C21H22N4O2/c1-31-12-4-5-16-33-20-23-7-9-26(35-23)24-10-11-28-27(30-24)29-22-6-8-25(21(18-22)19-31)34-17-15-32-13-2-3-14-32;1-3-34-17-16-33-26-11-10-23-18-22(26)20-31(2)14-5-4-6-15-32-24-9-7-8-21(19-24)25-12-13-28-27(29-23)30-25;1-31-9-3-4-10-33-18-19-13-20(15-22(27)14-19)24-7-8-28-26(30-24)29-23-5-6-25(21(16-23)17-31)34-12-11-32-2;1-25-11-2-3-12-26-15-18-7-8-20(27-18)19-9-10-22-21(24-19)23-17-6-4-5-16(13-17)14-25/h4-11,18H,2-3,12-17,19-20H2,1H3,(H,28,29,30);4-5,7-13,18-19H,3,6,14-17,20H2,1-2H3,(H,28,29,30);3-8,13-16H,9-12,17-18H2,1-2H3,(H,28,29,30);2-10,13H,11-12,14-15H2,1H3,(H,22,23,24)/b2*5-4+;4-3+;3-2+. The van der Waals surface area contributed by atoms with E-state index in [4.69, 9.17) is 51.7 Å². The molecule has 6 aromatic carbocycles. The van der Waals surface area contributed by atoms with Crippen LogP contribution in [0.25, 0.3) is 45.4 Å². The van der Waals surface area contributed by atoms with Crippen molar-refractivity contribution in [1.82, 2.24) is 64.4 Å². The van der Waals surface area contributed by atoms with Crippen LogP contribution in [0.2, 0.25) is 0 Å². The van der Waals surface area contributed by atoms with Crippen molar-refractivity contribution in [1.29, 1.82) is 0 Å². The number of methoxy groups -OCH3 is 1. The van der Waals surface area contributed by atoms with Gasteiger partial charge in [0.15, 0.2) is 11.5 Å². The zero-order chi connectivity index (χ0) is 89.7. The summed E-state index contributed by atoms with van der Waals surface area (Å²) in [5.74, 6) is 10.2. The minimum Gasteiger partial charge on any atom is -0.493 e. The van der Waals surface area contributed by atoms with Crippen LogP contribution in [-0.2, 0) is 64.9 Å². The van der Waals surface area contributed by atoms with E-state index < -0.39 is 0 Å². The highest BCUT2D eigenvalue weighted by Crippen LogP contribution is 2.34. The van der Waals surface area contributed by atoms with Gasteiger partial charge in [-0.1, -0.05) is 79.8 Å². The lowest BCUT2D eigenvalue weighted by Gasteiger charge is -2.20. The fourth-order valence-corrected chi connectivity index (χ4v) is 15.2. The molecule has 17 rings (SSSR count). The summed E-state index contributed by atoms with van der Waals surface area (Å²) in [6.07, 6.45) is 27.1. The zero-order valence-corrected chi connectivity index (χ0v) is 75.7. The molecule has 0 amide bonds. The SMILES string of the molecule is CCSCCOc1ccc2cc1CN(C)C/C=C/CCOc1cccc(c1)-c1ccnc(n1)N2.CN1C/C=C/COCc2ccc(o2)-c2ccnc(n2)Nc2ccc(OCCN3CCCC3)c(c2)C1.CN1C/C=C/COCc2ccc(o2)-c2ccnc(n2)Nc2cccc(c2)C1.COCCOc1ccc2cc1CN(C)C/C=C/COCc1cc(F)cc(c1)-c1ccnc(n1)N2. The second kappa shape index (κ2) is 49.9. The van der Waals surface area contributed by atoms with Crippen molar-refractivity contribution in [3.8, 4) is 68.4 Å². The number of anilines is 8. The van der Waals surface area contributed by atoms with Gasteiger partial charge < -0.3 is 68.0 Å². The molecule has 11 heterocycles. The predicted octanol–water partition coefficient (Wildman–Crippen LogP) is 18.8. The van der Waals surface area contributed by atoms with Crippen LogP contribution < -0.4 is 40.2 Å². The normalized spacial score (nSPS) is 16.5. The first kappa shape index (κ1) is 93.6. The van der Waals surface area contributed by atoms with E-state index in [9.17, 15) is 4.39 Å². The molecule has 1 saturated heterocycles. The summed E-state index contributed by atoms with van der Waals surface area (Å²) in [5.41, 5.74) is 13.5. The van der Waals surface area contributed by atoms with Gasteiger partial charge in [0.25, 0.3) is 0 Å². The Morgan fingerprint density at radius 1 is 0.423 bits per heavy atom. The molecule has 0 spiro atoms. The van der Waals surface area contributed by atoms with Crippen LogP contribution >= 0.6 is 11.8 Å². The van der Waals surface area contributed by atoms with E-state index in [-0.39, 0.29) is 5.82 Å². The van der Waals surface area contributed by atoms with Crippen molar-refractivity contribution in [2.75, 3.05) is 167 Å². The number of hydrogen-bond donors (Lipinski definition) is 4. The van der Waals surface area contributed by atoms with Crippen LogP contribution in [0.3, 0.4) is 0 Å². The first-order chi connectivity index (χ1) is 63.8. The lowest BCUT2D eigenvalue weighted by atomic mass is 10.1. The Labute approximate surface area is 765 Å². The topological polar surface area (TPSA) is 268 Å². The van der Waals surface area contributed by atoms with Crippen LogP contribution in [0.4, 0.5) is 50.9 Å². The van der Waals surface area contributed by atoms with Gasteiger partial charge >= 0.3 is 0 Å². The first-order valence-electron chi connectivity index (χ1n) is 44.1. The number of aromatic nitrogens is 8. The Kier molecular flexibility index (Phi) is 35.9. The third-order valence-electron chi connectivity index (χ3n) is 21.1. The molecule has 0 saturated carbocycles. The lowest BCUT2D eigenvalue weighted by molar-refractivity contribution is 0.132. The summed E-state index contributed by atoms with van der Waals surface area (Å²) in [6, 6.07) is 54.4. The molecule has 27 nitrogen and oxygen atoms in total. The van der Waals surface area contributed by atoms with Crippen molar-refractivity contribution < 1.29 is 51.1 Å². The third-order valence-corrected chi connectivity index (χ3v) is 22.0. The van der Waals surface area contributed by atoms with Gasteiger partial charge in [0, 0.05) is 147 Å². The van der Waals surface area contributed by atoms with E-state index in [2.05, 4.69) is 163 Å². The molecule has 29 heteroatoms. The summed E-state index contributed by atoms with van der Waals surface area (Å²) in [6.45, 7) is 17.5. The molecule has 24 bridgehead atoms. The summed E-state index contributed by atoms with van der Waals surface area (Å²) < 4.78 is 72.6. The van der Waals surface area contributed by atoms with Crippen LogP contribution in [0.5, 0.6) is 23.0 Å². The number of ether oxygens (including phenoxy) is 8. The van der Waals surface area contributed by atoms with E-state index >= 15 is 0 Å². The van der Waals surface area contributed by atoms with Gasteiger partial charge in [-0.3, -0.25) is 24.5 Å². The second-order valence-corrected chi connectivity index (χ2v) is 33.2. The van der Waals surface area contributed by atoms with Gasteiger partial charge in [-0.15, -0.1) is 0 Å². The first-order valence-corrected chi connectivity index (χ1v) is 45.3. The molecule has 12 aromatic rings. The number of thioether (sulfide) groups is 1. The number of likely N-dealkylation sites (N-methyl/N-ethyl adjacent to an activating group) is 4. The van der Waals surface area contributed by atoms with Gasteiger partial charge in [-0.25, -0.2) is 44.3 Å². The molecule has 0 atom stereocenters. The molecule has 5 aliphatic heterocycles. The quantitative estimate of drug-likeness (QED) is 0.0617. The van der Waals surface area contributed by atoms with Crippen LogP contribution in [0, 0.1) is 5.82 Å². The highest BCUT2D eigenvalue weighted by Gasteiger charge is 2.20. The van der Waals surface area contributed by atoms with Crippen molar-refractivity contribution in [2.45, 2.75) is 72.2 Å². The Balaban J connectivity index is 0.000000140. The number of nitrogens with zero attached hydrogens (tertiary/aromatic N) is 13. The molecular formula is C101H116FN17O10S. The minimum atomic E-state index is -0.329. The van der Waals surface area contributed by atoms with E-state index in [1.54, 1.807) is 38.0 Å². The molecule has 0 unspecified atom stereocenters. The van der Waals surface area contributed by atoms with Crippen molar-refractivity contribution in [2.24, 2.45) is 0 Å². The summed E-state index contributed by atoms with van der Waals surface area (Å²) in [4.78, 5) is 47.5. The molecule has 130 heavy (non-hydrogen) atoms. The Hall–Kier alpha value is -12.5. The summed E-state index contributed by atoms with van der Waals surface area (Å²) in [5, 5.41) is 13.3. The molecule has 0 radical (unpaired) electrons. The van der Waals surface area contributed by atoms with Crippen LogP contribution in [0.1, 0.15) is 65.5 Å².